The van der Waals surface area contributed by atoms with Crippen molar-refractivity contribution in [1.82, 2.24) is 5.32 Å². The summed E-state index contributed by atoms with van der Waals surface area (Å²) in [5, 5.41) is 12.1. The van der Waals surface area contributed by atoms with Gasteiger partial charge in [-0.1, -0.05) is 18.2 Å². The van der Waals surface area contributed by atoms with Crippen LogP contribution >= 0.6 is 0 Å². The Morgan fingerprint density at radius 3 is 2.50 bits per heavy atom. The summed E-state index contributed by atoms with van der Waals surface area (Å²) < 4.78 is 0. The average Bonchev–Trinajstić information content (AvgIpc) is 2.17. The number of nitrogens with zero attached hydrogens (tertiary/aromatic N) is 1. The first-order valence-electron chi connectivity index (χ1n) is 3.51. The molecule has 0 spiro atoms. The highest BCUT2D eigenvalue weighted by atomic mass is 16.5. The number of amides is 2. The fourth-order valence-electron chi connectivity index (χ4n) is 0.792. The predicted molar refractivity (Wildman–Crippen MR) is 45.2 cm³/mol. The zero-order valence-electron chi connectivity index (χ0n) is 6.69. The third-order valence-corrected chi connectivity index (χ3v) is 1.41. The standard InChI is InChI=1S/C8H10N2O2/c1-9-8(11)10(12)7-5-3-2-4-6-7/h2-6,12H,1H3,(H,9,11). The van der Waals surface area contributed by atoms with Crippen molar-refractivity contribution in [3.63, 3.8) is 0 Å². The third kappa shape index (κ3) is 1.73. The number of benzene rings is 1. The van der Waals surface area contributed by atoms with Crippen LogP contribution in [0.25, 0.3) is 0 Å². The van der Waals surface area contributed by atoms with E-state index >= 15 is 0 Å². The number of anilines is 1. The van der Waals surface area contributed by atoms with E-state index in [2.05, 4.69) is 5.32 Å². The largest absolute Gasteiger partial charge is 0.345 e. The molecule has 1 aromatic carbocycles. The van der Waals surface area contributed by atoms with Crippen molar-refractivity contribution in [2.45, 2.75) is 0 Å². The van der Waals surface area contributed by atoms with Gasteiger partial charge in [0.25, 0.3) is 0 Å². The molecule has 0 aromatic heterocycles. The minimum atomic E-state index is -0.554. The summed E-state index contributed by atoms with van der Waals surface area (Å²) in [7, 11) is 1.45. The summed E-state index contributed by atoms with van der Waals surface area (Å²) in [5.74, 6) is 0. The fourth-order valence-corrected chi connectivity index (χ4v) is 0.792. The summed E-state index contributed by atoms with van der Waals surface area (Å²) >= 11 is 0. The van der Waals surface area contributed by atoms with E-state index in [-0.39, 0.29) is 0 Å². The van der Waals surface area contributed by atoms with Crippen LogP contribution in [0, 0.1) is 0 Å². The number of para-hydroxylation sites is 1. The van der Waals surface area contributed by atoms with Crippen molar-refractivity contribution in [3.05, 3.63) is 30.3 Å². The Hall–Kier alpha value is -1.55. The van der Waals surface area contributed by atoms with Crippen LogP contribution in [0.3, 0.4) is 0 Å². The van der Waals surface area contributed by atoms with Gasteiger partial charge in [-0.15, -0.1) is 0 Å². The first kappa shape index (κ1) is 8.55. The summed E-state index contributed by atoms with van der Waals surface area (Å²) in [4.78, 5) is 10.9. The molecule has 4 nitrogen and oxygen atoms in total. The number of nitrogens with one attached hydrogen (secondary N) is 1. The molecule has 2 amide bonds. The molecule has 4 heteroatoms. The molecule has 0 aliphatic heterocycles. The molecule has 0 saturated carbocycles. The number of carbonyl (C=O) groups excluding carboxylic acids is 1. The van der Waals surface area contributed by atoms with Crippen molar-refractivity contribution >= 4 is 11.7 Å². The molecule has 12 heavy (non-hydrogen) atoms. The summed E-state index contributed by atoms with van der Waals surface area (Å²) in [6.45, 7) is 0. The summed E-state index contributed by atoms with van der Waals surface area (Å²) in [6, 6.07) is 8.00. The number of rotatable bonds is 1. The highest BCUT2D eigenvalue weighted by Crippen LogP contribution is 2.09. The van der Waals surface area contributed by atoms with Crippen LogP contribution in [-0.4, -0.2) is 18.3 Å². The third-order valence-electron chi connectivity index (χ3n) is 1.41. The first-order chi connectivity index (χ1) is 5.75. The Morgan fingerprint density at radius 1 is 1.42 bits per heavy atom. The zero-order chi connectivity index (χ0) is 8.97. The summed E-state index contributed by atoms with van der Waals surface area (Å²) in [6.07, 6.45) is 0. The molecule has 0 saturated heterocycles. The Labute approximate surface area is 70.4 Å². The topological polar surface area (TPSA) is 52.6 Å². The van der Waals surface area contributed by atoms with Gasteiger partial charge in [0.15, 0.2) is 0 Å². The van der Waals surface area contributed by atoms with Crippen LogP contribution in [0.4, 0.5) is 10.5 Å². The van der Waals surface area contributed by atoms with Crippen molar-refractivity contribution in [3.8, 4) is 0 Å². The van der Waals surface area contributed by atoms with E-state index < -0.39 is 6.03 Å². The lowest BCUT2D eigenvalue weighted by atomic mass is 10.3. The maximum Gasteiger partial charge on any atom is 0.345 e. The average molecular weight is 166 g/mol. The molecular formula is C8H10N2O2. The van der Waals surface area contributed by atoms with Crippen molar-refractivity contribution in [1.29, 1.82) is 0 Å². The SMILES string of the molecule is CNC(=O)N(O)c1ccccc1. The molecule has 0 atom stereocenters. The molecule has 0 unspecified atom stereocenters. The maximum absolute atomic E-state index is 10.9. The van der Waals surface area contributed by atoms with E-state index in [1.54, 1.807) is 30.3 Å². The first-order valence-corrected chi connectivity index (χ1v) is 3.51. The number of hydrogen-bond donors (Lipinski definition) is 2. The van der Waals surface area contributed by atoms with Crippen LogP contribution in [-0.2, 0) is 0 Å². The van der Waals surface area contributed by atoms with E-state index in [1.165, 1.54) is 7.05 Å². The molecular weight excluding hydrogens is 156 g/mol. The van der Waals surface area contributed by atoms with E-state index in [0.29, 0.717) is 10.8 Å². The number of hydroxylamine groups is 1. The number of urea groups is 1. The van der Waals surface area contributed by atoms with Gasteiger partial charge >= 0.3 is 6.03 Å². The summed E-state index contributed by atoms with van der Waals surface area (Å²) in [5.41, 5.74) is 0.442. The van der Waals surface area contributed by atoms with Crippen LogP contribution in [0.2, 0.25) is 0 Å². The molecule has 0 radical (unpaired) electrons. The lowest BCUT2D eigenvalue weighted by molar-refractivity contribution is 0.206. The Bertz CT molecular complexity index is 261. The van der Waals surface area contributed by atoms with Crippen LogP contribution in [0.5, 0.6) is 0 Å². The second kappa shape index (κ2) is 3.73. The molecule has 0 bridgehead atoms. The minimum Gasteiger partial charge on any atom is -0.339 e. The second-order valence-corrected chi connectivity index (χ2v) is 2.20. The second-order valence-electron chi connectivity index (χ2n) is 2.20. The van der Waals surface area contributed by atoms with Crippen molar-refractivity contribution in [2.75, 3.05) is 12.1 Å². The zero-order valence-corrected chi connectivity index (χ0v) is 6.69. The molecule has 0 fully saturated rings. The van der Waals surface area contributed by atoms with Gasteiger partial charge in [0.1, 0.15) is 0 Å². The Morgan fingerprint density at radius 2 is 2.00 bits per heavy atom. The quantitative estimate of drug-likeness (QED) is 0.487. The van der Waals surface area contributed by atoms with Crippen molar-refractivity contribution in [2.24, 2.45) is 0 Å². The minimum absolute atomic E-state index is 0.442. The van der Waals surface area contributed by atoms with Crippen LogP contribution in [0.15, 0.2) is 30.3 Å². The van der Waals surface area contributed by atoms with Crippen LogP contribution < -0.4 is 10.4 Å². The highest BCUT2D eigenvalue weighted by Gasteiger charge is 2.08. The molecule has 0 heterocycles. The van der Waals surface area contributed by atoms with E-state index in [0.717, 1.165) is 0 Å². The lowest BCUT2D eigenvalue weighted by Gasteiger charge is -2.13. The highest BCUT2D eigenvalue weighted by molar-refractivity contribution is 5.89. The molecule has 0 aliphatic carbocycles. The van der Waals surface area contributed by atoms with E-state index in [4.69, 9.17) is 0 Å². The number of carbonyl (C=O) groups is 1. The Balaban J connectivity index is 2.78. The Kier molecular flexibility index (Phi) is 2.66. The molecule has 64 valence electrons. The molecule has 0 aliphatic rings. The van der Waals surface area contributed by atoms with Gasteiger partial charge in [0.05, 0.1) is 5.69 Å². The monoisotopic (exact) mass is 166 g/mol. The molecule has 2 N–H and O–H groups in total. The smallest absolute Gasteiger partial charge is 0.339 e. The van der Waals surface area contributed by atoms with Crippen molar-refractivity contribution < 1.29 is 10.0 Å². The lowest BCUT2D eigenvalue weighted by Crippen LogP contribution is -2.35. The van der Waals surface area contributed by atoms with Gasteiger partial charge in [-0.3, -0.25) is 5.21 Å². The van der Waals surface area contributed by atoms with E-state index in [9.17, 15) is 10.0 Å². The fraction of sp³-hybridized carbons (Fsp3) is 0.125. The maximum atomic E-state index is 10.9. The van der Waals surface area contributed by atoms with Gasteiger partial charge in [0.2, 0.25) is 0 Å². The molecule has 1 aromatic rings. The van der Waals surface area contributed by atoms with Gasteiger partial charge in [0, 0.05) is 7.05 Å². The normalized spacial score (nSPS) is 9.17. The predicted octanol–water partition coefficient (Wildman–Crippen LogP) is 1.22. The van der Waals surface area contributed by atoms with Crippen LogP contribution in [0.1, 0.15) is 0 Å². The van der Waals surface area contributed by atoms with Gasteiger partial charge < -0.3 is 5.32 Å². The van der Waals surface area contributed by atoms with Gasteiger partial charge in [-0.25, -0.2) is 4.79 Å². The van der Waals surface area contributed by atoms with Gasteiger partial charge in [-0.2, -0.15) is 5.06 Å². The number of hydrogen-bond acceptors (Lipinski definition) is 2. The molecule has 1 rings (SSSR count). The van der Waals surface area contributed by atoms with Gasteiger partial charge in [-0.05, 0) is 12.1 Å². The van der Waals surface area contributed by atoms with E-state index in [1.807, 2.05) is 0 Å².